The zero-order chi connectivity index (χ0) is 15.5. The average molecular weight is 283 g/mol. The molecule has 0 radical (unpaired) electrons. The number of unbranched alkanes of at least 4 members (excludes halogenated alkanes) is 2. The number of rotatable bonds is 9. The van der Waals surface area contributed by atoms with Gasteiger partial charge < -0.3 is 5.73 Å². The minimum Gasteiger partial charge on any atom is -0.330 e. The Kier molecular flexibility index (Phi) is 8.45. The Labute approximate surface area is 130 Å². The molecule has 0 aliphatic carbocycles. The first-order valence-electron chi connectivity index (χ1n) is 8.01. The van der Waals surface area contributed by atoms with Crippen molar-refractivity contribution >= 4 is 5.57 Å². The monoisotopic (exact) mass is 283 g/mol. The summed E-state index contributed by atoms with van der Waals surface area (Å²) in [6.07, 6.45) is 9.95. The minimum atomic E-state index is 0.792. The second kappa shape index (κ2) is 10.2. The fourth-order valence-electron chi connectivity index (χ4n) is 2.46. The molecular weight excluding hydrogens is 254 g/mol. The number of hydrogen-bond acceptors (Lipinski definition) is 1. The van der Waals surface area contributed by atoms with Crippen LogP contribution in [0.25, 0.3) is 5.57 Å². The second-order valence-corrected chi connectivity index (χ2v) is 5.39. The lowest BCUT2D eigenvalue weighted by atomic mass is 9.96. The SMILES string of the molecule is C=C/C(=C\C(CC)=C(/C)c1ccccc1)CCCCCN. The number of nitrogens with two attached hydrogens (primary N) is 1. The predicted molar refractivity (Wildman–Crippen MR) is 95.1 cm³/mol. The van der Waals surface area contributed by atoms with Gasteiger partial charge in [0.25, 0.3) is 0 Å². The zero-order valence-corrected chi connectivity index (χ0v) is 13.6. The summed E-state index contributed by atoms with van der Waals surface area (Å²) >= 11 is 0. The predicted octanol–water partition coefficient (Wildman–Crippen LogP) is 5.50. The molecule has 1 aromatic carbocycles. The third-order valence-electron chi connectivity index (χ3n) is 3.86. The van der Waals surface area contributed by atoms with E-state index in [1.165, 1.54) is 35.1 Å². The maximum absolute atomic E-state index is 5.54. The van der Waals surface area contributed by atoms with Gasteiger partial charge in [-0.05, 0) is 61.4 Å². The van der Waals surface area contributed by atoms with E-state index < -0.39 is 0 Å². The topological polar surface area (TPSA) is 26.0 Å². The van der Waals surface area contributed by atoms with Gasteiger partial charge in [0.05, 0.1) is 0 Å². The molecule has 1 heteroatoms. The molecular formula is C20H29N. The fourth-order valence-corrected chi connectivity index (χ4v) is 2.46. The molecule has 1 nitrogen and oxygen atoms in total. The highest BCUT2D eigenvalue weighted by Gasteiger charge is 2.02. The van der Waals surface area contributed by atoms with Gasteiger partial charge in [0.2, 0.25) is 0 Å². The van der Waals surface area contributed by atoms with Crippen LogP contribution in [0.1, 0.15) is 51.5 Å². The molecule has 21 heavy (non-hydrogen) atoms. The molecule has 0 amide bonds. The van der Waals surface area contributed by atoms with E-state index in [9.17, 15) is 0 Å². The number of hydrogen-bond donors (Lipinski definition) is 1. The third kappa shape index (κ3) is 6.14. The first-order valence-corrected chi connectivity index (χ1v) is 8.01. The van der Waals surface area contributed by atoms with E-state index in [0.29, 0.717) is 0 Å². The van der Waals surface area contributed by atoms with Crippen molar-refractivity contribution in [3.8, 4) is 0 Å². The highest BCUT2D eigenvalue weighted by Crippen LogP contribution is 2.23. The van der Waals surface area contributed by atoms with Crippen LogP contribution in [0, 0.1) is 0 Å². The third-order valence-corrected chi connectivity index (χ3v) is 3.86. The van der Waals surface area contributed by atoms with Crippen molar-refractivity contribution in [2.45, 2.75) is 46.0 Å². The lowest BCUT2D eigenvalue weighted by molar-refractivity contribution is 0.688. The first kappa shape index (κ1) is 17.5. The summed E-state index contributed by atoms with van der Waals surface area (Å²) in [6, 6.07) is 10.6. The standard InChI is InChI=1S/C20H29N/c1-4-18(12-8-7-11-15-21)16-19(5-2)17(3)20-13-9-6-10-14-20/h4,6,9-10,13-14,16H,1,5,7-8,11-12,15,21H2,2-3H3/b18-16+,19-17+. The Bertz CT molecular complexity index is 480. The minimum absolute atomic E-state index is 0.792. The van der Waals surface area contributed by atoms with Crippen LogP contribution in [0.2, 0.25) is 0 Å². The van der Waals surface area contributed by atoms with Crippen molar-refractivity contribution < 1.29 is 0 Å². The Morgan fingerprint density at radius 2 is 1.86 bits per heavy atom. The smallest absolute Gasteiger partial charge is 0.00773 e. The Morgan fingerprint density at radius 1 is 1.14 bits per heavy atom. The molecule has 2 N–H and O–H groups in total. The first-order chi connectivity index (χ1) is 10.2. The van der Waals surface area contributed by atoms with Crippen LogP contribution in [0.15, 0.2) is 60.2 Å². The largest absolute Gasteiger partial charge is 0.330 e. The molecule has 0 aliphatic heterocycles. The lowest BCUT2D eigenvalue weighted by Gasteiger charge is -2.09. The molecule has 0 aliphatic rings. The quantitative estimate of drug-likeness (QED) is 0.470. The van der Waals surface area contributed by atoms with Gasteiger partial charge in [-0.1, -0.05) is 62.4 Å². The van der Waals surface area contributed by atoms with Crippen LogP contribution in [-0.4, -0.2) is 6.54 Å². The molecule has 0 spiro atoms. The Morgan fingerprint density at radius 3 is 2.43 bits per heavy atom. The Hall–Kier alpha value is -1.60. The molecule has 0 heterocycles. The molecule has 0 atom stereocenters. The highest BCUT2D eigenvalue weighted by molar-refractivity contribution is 5.69. The van der Waals surface area contributed by atoms with Gasteiger partial charge in [-0.3, -0.25) is 0 Å². The van der Waals surface area contributed by atoms with Crippen LogP contribution in [-0.2, 0) is 0 Å². The average Bonchev–Trinajstić information content (AvgIpc) is 2.54. The van der Waals surface area contributed by atoms with Crippen molar-refractivity contribution in [1.82, 2.24) is 0 Å². The van der Waals surface area contributed by atoms with Crippen molar-refractivity contribution in [1.29, 1.82) is 0 Å². The van der Waals surface area contributed by atoms with Gasteiger partial charge in [0, 0.05) is 0 Å². The van der Waals surface area contributed by atoms with Crippen molar-refractivity contribution in [2.24, 2.45) is 5.73 Å². The molecule has 0 aromatic heterocycles. The van der Waals surface area contributed by atoms with E-state index in [1.54, 1.807) is 0 Å². The summed E-state index contributed by atoms with van der Waals surface area (Å²) in [6.45, 7) is 9.18. The molecule has 1 rings (SSSR count). The van der Waals surface area contributed by atoms with Crippen LogP contribution in [0.3, 0.4) is 0 Å². The van der Waals surface area contributed by atoms with Crippen molar-refractivity contribution in [2.75, 3.05) is 6.54 Å². The zero-order valence-electron chi connectivity index (χ0n) is 13.6. The summed E-state index contributed by atoms with van der Waals surface area (Å²) in [5.74, 6) is 0. The van der Waals surface area contributed by atoms with Crippen molar-refractivity contribution in [3.63, 3.8) is 0 Å². The summed E-state index contributed by atoms with van der Waals surface area (Å²) in [5, 5.41) is 0. The molecule has 0 fully saturated rings. The van der Waals surface area contributed by atoms with Crippen molar-refractivity contribution in [3.05, 3.63) is 65.8 Å². The Balaban J connectivity index is 2.86. The molecule has 0 saturated heterocycles. The maximum Gasteiger partial charge on any atom is -0.00773 e. The number of benzene rings is 1. The second-order valence-electron chi connectivity index (χ2n) is 5.39. The van der Waals surface area contributed by atoms with Crippen LogP contribution >= 0.6 is 0 Å². The summed E-state index contributed by atoms with van der Waals surface area (Å²) in [5.41, 5.74) is 10.9. The van der Waals surface area contributed by atoms with Gasteiger partial charge >= 0.3 is 0 Å². The van der Waals surface area contributed by atoms with Crippen LogP contribution in [0.4, 0.5) is 0 Å². The molecule has 0 bridgehead atoms. The van der Waals surface area contributed by atoms with E-state index in [2.05, 4.69) is 56.8 Å². The van der Waals surface area contributed by atoms with E-state index >= 15 is 0 Å². The molecule has 0 unspecified atom stereocenters. The maximum atomic E-state index is 5.54. The normalized spacial score (nSPS) is 13.0. The summed E-state index contributed by atoms with van der Waals surface area (Å²) < 4.78 is 0. The summed E-state index contributed by atoms with van der Waals surface area (Å²) in [4.78, 5) is 0. The van der Waals surface area contributed by atoms with Gasteiger partial charge in [0.15, 0.2) is 0 Å². The molecule has 114 valence electrons. The fraction of sp³-hybridized carbons (Fsp3) is 0.400. The van der Waals surface area contributed by atoms with Gasteiger partial charge in [-0.25, -0.2) is 0 Å². The molecule has 1 aromatic rings. The summed E-state index contributed by atoms with van der Waals surface area (Å²) in [7, 11) is 0. The van der Waals surface area contributed by atoms with Gasteiger partial charge in [0.1, 0.15) is 0 Å². The highest BCUT2D eigenvalue weighted by atomic mass is 14.5. The van der Waals surface area contributed by atoms with Gasteiger partial charge in [-0.15, -0.1) is 0 Å². The van der Waals surface area contributed by atoms with E-state index in [-0.39, 0.29) is 0 Å². The number of allylic oxidation sites excluding steroid dienone is 5. The lowest BCUT2D eigenvalue weighted by Crippen LogP contribution is -1.97. The van der Waals surface area contributed by atoms with Gasteiger partial charge in [-0.2, -0.15) is 0 Å². The molecule has 0 saturated carbocycles. The van der Waals surface area contributed by atoms with E-state index in [0.717, 1.165) is 25.8 Å². The van der Waals surface area contributed by atoms with Crippen LogP contribution < -0.4 is 5.73 Å². The van der Waals surface area contributed by atoms with E-state index in [4.69, 9.17) is 5.73 Å². The van der Waals surface area contributed by atoms with Crippen LogP contribution in [0.5, 0.6) is 0 Å². The van der Waals surface area contributed by atoms with E-state index in [1.807, 2.05) is 6.08 Å².